The molecule has 2 unspecified atom stereocenters. The smallest absolute Gasteiger partial charge is 0.306 e. The van der Waals surface area contributed by atoms with E-state index >= 15 is 0 Å². The normalized spacial score (nSPS) is 12.2. The summed E-state index contributed by atoms with van der Waals surface area (Å²) in [6.45, 7) is 5.30. The quantitative estimate of drug-likeness (QED) is 0.0493. The molecule has 0 saturated heterocycles. The van der Waals surface area contributed by atoms with Gasteiger partial charge in [0.25, 0.3) is 6.47 Å². The lowest BCUT2D eigenvalue weighted by Gasteiger charge is -2.17. The maximum Gasteiger partial charge on any atom is 0.306 e. The highest BCUT2D eigenvalue weighted by atomic mass is 16.6. The largest absolute Gasteiger partial charge is 0.464 e. The van der Waals surface area contributed by atoms with Gasteiger partial charge in [0.2, 0.25) is 0 Å². The summed E-state index contributed by atoms with van der Waals surface area (Å²) in [7, 11) is 1.49. The molecule has 44 heavy (non-hydrogen) atoms. The number of unbranched alkanes of at least 4 members (excludes halogenated alkanes) is 8. The molecule has 0 aliphatic carbocycles. The van der Waals surface area contributed by atoms with E-state index in [0.29, 0.717) is 38.8 Å². The minimum atomic E-state index is -0.864. The van der Waals surface area contributed by atoms with Crippen LogP contribution in [0.2, 0.25) is 0 Å². The average Bonchev–Trinajstić information content (AvgIpc) is 3.00. The summed E-state index contributed by atoms with van der Waals surface area (Å²) in [6.07, 6.45) is 10.7. The van der Waals surface area contributed by atoms with Crippen LogP contribution < -0.4 is 5.32 Å². The molecule has 0 bridgehead atoms. The van der Waals surface area contributed by atoms with Crippen molar-refractivity contribution in [1.82, 2.24) is 5.32 Å². The Morgan fingerprint density at radius 3 is 1.43 bits per heavy atom. The van der Waals surface area contributed by atoms with Gasteiger partial charge in [0.15, 0.2) is 12.2 Å². The first-order valence-electron chi connectivity index (χ1n) is 16.3. The Morgan fingerprint density at radius 2 is 1.00 bits per heavy atom. The fraction of sp³-hybridized carbons (Fsp3) is 0.844. The first kappa shape index (κ1) is 41.3. The van der Waals surface area contributed by atoms with Crippen LogP contribution in [-0.2, 0) is 52.4 Å². The van der Waals surface area contributed by atoms with E-state index in [0.717, 1.165) is 64.2 Å². The van der Waals surface area contributed by atoms with Crippen LogP contribution in [0.25, 0.3) is 0 Å². The fourth-order valence-corrected chi connectivity index (χ4v) is 4.16. The van der Waals surface area contributed by atoms with Crippen LogP contribution in [0.1, 0.15) is 117 Å². The fourth-order valence-electron chi connectivity index (χ4n) is 4.16. The van der Waals surface area contributed by atoms with Crippen LogP contribution in [-0.4, -0.2) is 89.2 Å². The number of hydrogen-bond donors (Lipinski definition) is 1. The summed E-state index contributed by atoms with van der Waals surface area (Å²) in [5.74, 6) is -1.58. The molecule has 0 heterocycles. The molecule has 0 aliphatic rings. The van der Waals surface area contributed by atoms with Crippen molar-refractivity contribution in [2.24, 2.45) is 0 Å². The zero-order valence-corrected chi connectivity index (χ0v) is 27.3. The molecular formula is C32H57NO11. The van der Waals surface area contributed by atoms with Crippen molar-refractivity contribution < 1.29 is 52.4 Å². The predicted molar refractivity (Wildman–Crippen MR) is 164 cm³/mol. The van der Waals surface area contributed by atoms with E-state index in [2.05, 4.69) is 19.2 Å². The number of carbonyl (C=O) groups is 5. The summed E-state index contributed by atoms with van der Waals surface area (Å²) in [5.41, 5.74) is 0. The Hall–Kier alpha value is -2.73. The first-order valence-corrected chi connectivity index (χ1v) is 16.3. The van der Waals surface area contributed by atoms with Gasteiger partial charge in [0.1, 0.15) is 19.8 Å². The third-order valence-electron chi connectivity index (χ3n) is 6.60. The number of nitrogens with one attached hydrogen (secondary N) is 1. The summed E-state index contributed by atoms with van der Waals surface area (Å²) >= 11 is 0. The van der Waals surface area contributed by atoms with Gasteiger partial charge in [0.05, 0.1) is 6.61 Å². The molecule has 0 radical (unpaired) electrons. The minimum absolute atomic E-state index is 0.0363. The predicted octanol–water partition coefficient (Wildman–Crippen LogP) is 4.59. The zero-order chi connectivity index (χ0) is 32.7. The van der Waals surface area contributed by atoms with Crippen molar-refractivity contribution in [2.75, 3.05) is 46.6 Å². The number of methoxy groups -OCH3 is 1. The van der Waals surface area contributed by atoms with E-state index in [1.807, 2.05) is 0 Å². The number of carbonyl (C=O) groups excluding carboxylic acids is 5. The lowest BCUT2D eigenvalue weighted by Crippen LogP contribution is -2.30. The van der Waals surface area contributed by atoms with Crippen LogP contribution in [0.3, 0.4) is 0 Å². The summed E-state index contributed by atoms with van der Waals surface area (Å²) in [6, 6.07) is 0. The number of esters is 4. The number of hydrogen-bond acceptors (Lipinski definition) is 12. The topological polar surface area (TPSA) is 153 Å². The van der Waals surface area contributed by atoms with Gasteiger partial charge < -0.3 is 33.7 Å². The Bertz CT molecular complexity index is 762. The van der Waals surface area contributed by atoms with Gasteiger partial charge in [-0.3, -0.25) is 24.0 Å². The maximum absolute atomic E-state index is 12.2. The van der Waals surface area contributed by atoms with Crippen molar-refractivity contribution in [3.05, 3.63) is 0 Å². The van der Waals surface area contributed by atoms with Gasteiger partial charge in [-0.1, -0.05) is 65.2 Å². The van der Waals surface area contributed by atoms with Crippen molar-refractivity contribution in [3.8, 4) is 0 Å². The monoisotopic (exact) mass is 631 g/mol. The third-order valence-corrected chi connectivity index (χ3v) is 6.60. The third kappa shape index (κ3) is 26.9. The first-order chi connectivity index (χ1) is 21.4. The van der Waals surface area contributed by atoms with Crippen molar-refractivity contribution in [2.45, 2.75) is 129 Å². The van der Waals surface area contributed by atoms with Gasteiger partial charge >= 0.3 is 23.9 Å². The Labute approximate surface area is 263 Å². The Morgan fingerprint density at radius 1 is 0.568 bits per heavy atom. The lowest BCUT2D eigenvalue weighted by molar-refractivity contribution is -0.164. The van der Waals surface area contributed by atoms with Crippen molar-refractivity contribution in [1.29, 1.82) is 0 Å². The summed E-state index contributed by atoms with van der Waals surface area (Å²) in [4.78, 5) is 58.9. The molecule has 0 saturated carbocycles. The molecule has 0 aromatic carbocycles. The highest BCUT2D eigenvalue weighted by Gasteiger charge is 2.19. The molecule has 2 atom stereocenters. The molecule has 12 nitrogen and oxygen atoms in total. The second kappa shape index (κ2) is 30.3. The molecule has 0 rings (SSSR count). The Kier molecular flexibility index (Phi) is 28.4. The van der Waals surface area contributed by atoms with Gasteiger partial charge in [-0.05, 0) is 38.8 Å². The van der Waals surface area contributed by atoms with E-state index in [-0.39, 0.29) is 57.7 Å². The van der Waals surface area contributed by atoms with E-state index in [4.69, 9.17) is 28.4 Å². The highest BCUT2D eigenvalue weighted by molar-refractivity contribution is 5.71. The van der Waals surface area contributed by atoms with E-state index in [1.54, 1.807) is 0 Å². The van der Waals surface area contributed by atoms with Gasteiger partial charge in [0, 0.05) is 32.8 Å². The molecule has 0 spiro atoms. The number of ether oxygens (including phenoxy) is 6. The SMILES string of the molecule is CCCCCCCC(=O)OCC(COC)OC(=O)CCCNCCCC(=O)OC(COC=O)COC(=O)CCCCCCC. The average molecular weight is 632 g/mol. The zero-order valence-electron chi connectivity index (χ0n) is 27.3. The molecule has 1 N–H and O–H groups in total. The van der Waals surface area contributed by atoms with Crippen molar-refractivity contribution in [3.63, 3.8) is 0 Å². The molecule has 0 aromatic rings. The Balaban J connectivity index is 4.09. The highest BCUT2D eigenvalue weighted by Crippen LogP contribution is 2.08. The molecule has 12 heteroatoms. The van der Waals surface area contributed by atoms with Crippen LogP contribution in [0.5, 0.6) is 0 Å². The molecule has 0 amide bonds. The van der Waals surface area contributed by atoms with Crippen LogP contribution >= 0.6 is 0 Å². The van der Waals surface area contributed by atoms with Crippen LogP contribution in [0.15, 0.2) is 0 Å². The molecule has 0 fully saturated rings. The van der Waals surface area contributed by atoms with Crippen molar-refractivity contribution >= 4 is 30.3 Å². The number of rotatable bonds is 31. The molecular weight excluding hydrogens is 574 g/mol. The van der Waals surface area contributed by atoms with E-state index in [9.17, 15) is 24.0 Å². The summed E-state index contributed by atoms with van der Waals surface area (Å²) < 4.78 is 30.9. The standard InChI is InChI=1S/C32H57NO11/c1-4-6-8-10-12-16-29(35)41-24-27(22-39-3)43-31(37)18-14-20-33-21-15-19-32(38)44-28(23-40-26-34)25-42-30(36)17-13-11-9-7-5-2/h26-28,33H,4-25H2,1-3H3. The van der Waals surface area contributed by atoms with E-state index in [1.165, 1.54) is 7.11 Å². The molecule has 0 aliphatic heterocycles. The van der Waals surface area contributed by atoms with Gasteiger partial charge in [-0.25, -0.2) is 0 Å². The summed E-state index contributed by atoms with van der Waals surface area (Å²) in [5, 5.41) is 3.16. The molecule has 0 aromatic heterocycles. The second-order valence-electron chi connectivity index (χ2n) is 10.8. The minimum Gasteiger partial charge on any atom is -0.464 e. The molecule has 256 valence electrons. The van der Waals surface area contributed by atoms with Gasteiger partial charge in [-0.15, -0.1) is 0 Å². The van der Waals surface area contributed by atoms with E-state index < -0.39 is 24.1 Å². The van der Waals surface area contributed by atoms with Crippen LogP contribution in [0, 0.1) is 0 Å². The van der Waals surface area contributed by atoms with Crippen LogP contribution in [0.4, 0.5) is 0 Å². The lowest BCUT2D eigenvalue weighted by atomic mass is 10.1. The maximum atomic E-state index is 12.2. The van der Waals surface area contributed by atoms with Gasteiger partial charge in [-0.2, -0.15) is 0 Å². The second-order valence-corrected chi connectivity index (χ2v) is 10.8.